The van der Waals surface area contributed by atoms with Gasteiger partial charge in [0.15, 0.2) is 0 Å². The molecule has 0 bridgehead atoms. The average Bonchev–Trinajstić information content (AvgIpc) is 2.97. The molecular weight excluding hydrogens is 536 g/mol. The Morgan fingerprint density at radius 2 is 1.50 bits per heavy atom. The molecule has 0 radical (unpaired) electrons. The van der Waals surface area contributed by atoms with Crippen molar-refractivity contribution in [3.05, 3.63) is 131 Å². The SMILES string of the molecule is C[C@@H](NC(=O)c1ccc2nc(-c3ccc(F)cc3)c(CCCc3cccc(CC(=O)O)c3)nc2c1)c1ccc(F)cc1. The van der Waals surface area contributed by atoms with Crippen LogP contribution in [0, 0.1) is 11.6 Å². The van der Waals surface area contributed by atoms with Gasteiger partial charge in [-0.05, 0) is 97.5 Å². The molecule has 5 aromatic rings. The lowest BCUT2D eigenvalue weighted by atomic mass is 10.0. The van der Waals surface area contributed by atoms with Crippen LogP contribution in [-0.4, -0.2) is 27.0 Å². The summed E-state index contributed by atoms with van der Waals surface area (Å²) in [6.07, 6.45) is 1.97. The summed E-state index contributed by atoms with van der Waals surface area (Å²) in [4.78, 5) is 33.9. The van der Waals surface area contributed by atoms with Crippen LogP contribution in [0.1, 0.15) is 52.1 Å². The second-order valence-corrected chi connectivity index (χ2v) is 10.2. The lowest BCUT2D eigenvalue weighted by Gasteiger charge is -2.15. The Morgan fingerprint density at radius 3 is 2.21 bits per heavy atom. The van der Waals surface area contributed by atoms with E-state index in [4.69, 9.17) is 15.1 Å². The first-order valence-corrected chi connectivity index (χ1v) is 13.7. The highest BCUT2D eigenvalue weighted by molar-refractivity contribution is 5.97. The lowest BCUT2D eigenvalue weighted by Crippen LogP contribution is -2.26. The molecule has 1 atom stereocenters. The van der Waals surface area contributed by atoms with E-state index in [1.54, 1.807) is 48.5 Å². The van der Waals surface area contributed by atoms with Crippen molar-refractivity contribution < 1.29 is 23.5 Å². The predicted octanol–water partition coefficient (Wildman–Crippen LogP) is 6.87. The number of nitrogens with zero attached hydrogens (tertiary/aromatic N) is 2. The first kappa shape index (κ1) is 28.5. The van der Waals surface area contributed by atoms with Gasteiger partial charge >= 0.3 is 5.97 Å². The molecule has 0 aliphatic heterocycles. The van der Waals surface area contributed by atoms with E-state index in [1.165, 1.54) is 24.3 Å². The second kappa shape index (κ2) is 12.7. The molecule has 42 heavy (non-hydrogen) atoms. The Kier molecular flexibility index (Phi) is 8.62. The molecule has 1 amide bonds. The first-order chi connectivity index (χ1) is 20.2. The van der Waals surface area contributed by atoms with Crippen molar-refractivity contribution in [1.29, 1.82) is 0 Å². The van der Waals surface area contributed by atoms with E-state index in [9.17, 15) is 18.4 Å². The average molecular weight is 566 g/mol. The van der Waals surface area contributed by atoms with Gasteiger partial charge in [0, 0.05) is 11.1 Å². The van der Waals surface area contributed by atoms with Crippen molar-refractivity contribution in [1.82, 2.24) is 15.3 Å². The van der Waals surface area contributed by atoms with E-state index < -0.39 is 5.97 Å². The van der Waals surface area contributed by atoms with E-state index >= 15 is 0 Å². The van der Waals surface area contributed by atoms with E-state index in [2.05, 4.69) is 5.32 Å². The molecule has 0 spiro atoms. The van der Waals surface area contributed by atoms with Crippen LogP contribution >= 0.6 is 0 Å². The molecule has 8 heteroatoms. The molecule has 212 valence electrons. The molecule has 5 rings (SSSR count). The van der Waals surface area contributed by atoms with Gasteiger partial charge in [-0.1, -0.05) is 36.4 Å². The van der Waals surface area contributed by atoms with E-state index in [-0.39, 0.29) is 30.0 Å². The number of carbonyl (C=O) groups excluding carboxylic acids is 1. The normalized spacial score (nSPS) is 11.8. The van der Waals surface area contributed by atoms with Crippen molar-refractivity contribution >= 4 is 22.9 Å². The van der Waals surface area contributed by atoms with Gasteiger partial charge in [-0.3, -0.25) is 9.59 Å². The van der Waals surface area contributed by atoms with Gasteiger partial charge in [-0.15, -0.1) is 0 Å². The number of carbonyl (C=O) groups is 2. The van der Waals surface area contributed by atoms with Gasteiger partial charge in [0.05, 0.1) is 34.9 Å². The Morgan fingerprint density at radius 1 is 0.810 bits per heavy atom. The Bertz CT molecular complexity index is 1740. The monoisotopic (exact) mass is 565 g/mol. The van der Waals surface area contributed by atoms with Gasteiger partial charge in [0.1, 0.15) is 11.6 Å². The van der Waals surface area contributed by atoms with Crippen LogP contribution in [0.2, 0.25) is 0 Å². The largest absolute Gasteiger partial charge is 0.481 e. The van der Waals surface area contributed by atoms with Crippen LogP contribution < -0.4 is 5.32 Å². The third kappa shape index (κ3) is 7.01. The number of aryl methyl sites for hydroxylation is 2. The van der Waals surface area contributed by atoms with Gasteiger partial charge in [0.2, 0.25) is 0 Å². The maximum atomic E-state index is 13.7. The number of hydrogen-bond donors (Lipinski definition) is 2. The number of aliphatic carboxylic acids is 1. The number of aromatic nitrogens is 2. The molecular formula is C34H29F2N3O3. The van der Waals surface area contributed by atoms with Crippen LogP contribution in [0.5, 0.6) is 0 Å². The van der Waals surface area contributed by atoms with Crippen LogP contribution in [0.4, 0.5) is 8.78 Å². The maximum absolute atomic E-state index is 13.7. The van der Waals surface area contributed by atoms with Crippen LogP contribution in [0.3, 0.4) is 0 Å². The number of nitrogens with one attached hydrogen (secondary N) is 1. The fraction of sp³-hybridized carbons (Fsp3) is 0.176. The lowest BCUT2D eigenvalue weighted by molar-refractivity contribution is -0.136. The Balaban J connectivity index is 1.40. The van der Waals surface area contributed by atoms with Gasteiger partial charge in [-0.25, -0.2) is 18.7 Å². The molecule has 0 unspecified atom stereocenters. The van der Waals surface area contributed by atoms with Crippen LogP contribution in [-0.2, 0) is 24.1 Å². The zero-order valence-corrected chi connectivity index (χ0v) is 23.0. The minimum absolute atomic E-state index is 0.0305. The summed E-state index contributed by atoms with van der Waals surface area (Å²) >= 11 is 0. The fourth-order valence-electron chi connectivity index (χ4n) is 4.89. The Labute approximate surface area is 242 Å². The highest BCUT2D eigenvalue weighted by Crippen LogP contribution is 2.26. The summed E-state index contributed by atoms with van der Waals surface area (Å²) in [6, 6.07) is 24.4. The third-order valence-electron chi connectivity index (χ3n) is 7.06. The third-order valence-corrected chi connectivity index (χ3v) is 7.06. The molecule has 6 nitrogen and oxygen atoms in total. The van der Waals surface area contributed by atoms with Crippen molar-refractivity contribution in [3.8, 4) is 11.3 Å². The number of hydrogen-bond acceptors (Lipinski definition) is 4. The maximum Gasteiger partial charge on any atom is 0.307 e. The molecule has 0 saturated carbocycles. The van der Waals surface area contributed by atoms with Crippen LogP contribution in [0.15, 0.2) is 91.0 Å². The Hall–Kier alpha value is -4.98. The quantitative estimate of drug-likeness (QED) is 0.193. The predicted molar refractivity (Wildman–Crippen MR) is 157 cm³/mol. The summed E-state index contributed by atoms with van der Waals surface area (Å²) in [5.74, 6) is -1.85. The number of fused-ring (bicyclic) bond motifs is 1. The van der Waals surface area contributed by atoms with E-state index in [0.717, 1.165) is 28.7 Å². The first-order valence-electron chi connectivity index (χ1n) is 13.7. The molecule has 1 heterocycles. The van der Waals surface area contributed by atoms with Gasteiger partial charge < -0.3 is 10.4 Å². The number of benzene rings is 4. The minimum atomic E-state index is -0.875. The summed E-state index contributed by atoms with van der Waals surface area (Å²) in [7, 11) is 0. The van der Waals surface area contributed by atoms with Crippen molar-refractivity contribution in [2.24, 2.45) is 0 Å². The van der Waals surface area contributed by atoms with Crippen molar-refractivity contribution in [3.63, 3.8) is 0 Å². The highest BCUT2D eigenvalue weighted by Gasteiger charge is 2.16. The topological polar surface area (TPSA) is 92.2 Å². The molecule has 0 aliphatic carbocycles. The van der Waals surface area contributed by atoms with Gasteiger partial charge in [0.25, 0.3) is 5.91 Å². The summed E-state index contributed by atoms with van der Waals surface area (Å²) in [6.45, 7) is 1.83. The number of carboxylic acids is 1. The number of rotatable bonds is 10. The number of amides is 1. The minimum Gasteiger partial charge on any atom is -0.481 e. The number of halogens is 2. The fourth-order valence-corrected chi connectivity index (χ4v) is 4.89. The molecule has 0 aliphatic rings. The van der Waals surface area contributed by atoms with Crippen molar-refractivity contribution in [2.75, 3.05) is 0 Å². The molecule has 0 saturated heterocycles. The summed E-state index contributed by atoms with van der Waals surface area (Å²) in [5, 5.41) is 12.0. The smallest absolute Gasteiger partial charge is 0.307 e. The molecule has 4 aromatic carbocycles. The summed E-state index contributed by atoms with van der Waals surface area (Å²) < 4.78 is 27.0. The van der Waals surface area contributed by atoms with Crippen LogP contribution in [0.25, 0.3) is 22.3 Å². The zero-order chi connectivity index (χ0) is 29.6. The van der Waals surface area contributed by atoms with Gasteiger partial charge in [-0.2, -0.15) is 0 Å². The molecule has 0 fully saturated rings. The highest BCUT2D eigenvalue weighted by atomic mass is 19.1. The van der Waals surface area contributed by atoms with E-state index in [0.29, 0.717) is 40.8 Å². The molecule has 2 N–H and O–H groups in total. The molecule has 1 aromatic heterocycles. The standard InChI is InChI=1S/C34H29F2N3O3/c1-21(24-8-13-27(35)14-9-24)37-34(42)26-12-17-29-31(20-26)38-30(33(39-29)25-10-15-28(36)16-11-25)7-3-5-22-4-2-6-23(18-22)19-32(40)41/h2,4,6,8-18,20-21H,3,5,7,19H2,1H3,(H,37,42)(H,40,41)/t21-/m1/s1. The number of carboxylic acid groups (broad SMARTS) is 1. The van der Waals surface area contributed by atoms with E-state index in [1.807, 2.05) is 25.1 Å². The summed E-state index contributed by atoms with van der Waals surface area (Å²) in [5.41, 5.74) is 6.23. The zero-order valence-electron chi connectivity index (χ0n) is 23.0. The van der Waals surface area contributed by atoms with Crippen molar-refractivity contribution in [2.45, 2.75) is 38.6 Å². The second-order valence-electron chi connectivity index (χ2n) is 10.2.